The molecule has 0 spiro atoms. The Morgan fingerprint density at radius 1 is 0.892 bits per heavy atom. The lowest BCUT2D eigenvalue weighted by Crippen LogP contribution is -2.26. The van der Waals surface area contributed by atoms with E-state index in [0.717, 1.165) is 16.6 Å². The van der Waals surface area contributed by atoms with Gasteiger partial charge in [0, 0.05) is 18.7 Å². The highest BCUT2D eigenvalue weighted by Gasteiger charge is 2.21. The molecule has 1 heterocycles. The highest BCUT2D eigenvalue weighted by molar-refractivity contribution is 7.92. The molecule has 5 rings (SSSR count). The summed E-state index contributed by atoms with van der Waals surface area (Å²) in [5.74, 6) is 0.305. The molecule has 0 aliphatic heterocycles. The van der Waals surface area contributed by atoms with E-state index < -0.39 is 10.0 Å². The predicted octanol–water partition coefficient (Wildman–Crippen LogP) is 5.71. The van der Waals surface area contributed by atoms with Gasteiger partial charge in [0.2, 0.25) is 5.91 Å². The van der Waals surface area contributed by atoms with E-state index in [2.05, 4.69) is 15.3 Å². The minimum absolute atomic E-state index is 0.136. The van der Waals surface area contributed by atoms with Gasteiger partial charge in [-0.25, -0.2) is 13.4 Å². The second kappa shape index (κ2) is 10.1. The molecule has 0 unspecified atom stereocenters. The number of anilines is 2. The molecule has 0 radical (unpaired) electrons. The third-order valence-corrected chi connectivity index (χ3v) is 7.67. The molecular weight excluding hydrogens is 484 g/mol. The highest BCUT2D eigenvalue weighted by atomic mass is 32.2. The molecule has 0 aliphatic carbocycles. The van der Waals surface area contributed by atoms with Crippen LogP contribution in [0.15, 0.2) is 114 Å². The van der Waals surface area contributed by atoms with Crippen LogP contribution in [0.5, 0.6) is 0 Å². The average Bonchev–Trinajstić information content (AvgIpc) is 3.37. The number of aromatic nitrogens is 2. The number of rotatable bonds is 7. The number of nitrogens with one attached hydrogen (secondary N) is 2. The number of fused-ring (bicyclic) bond motifs is 1. The van der Waals surface area contributed by atoms with E-state index in [-0.39, 0.29) is 10.8 Å². The molecule has 1 amide bonds. The molecule has 8 heteroatoms. The molecule has 0 atom stereocenters. The minimum Gasteiger partial charge on any atom is -0.338 e. The van der Waals surface area contributed by atoms with Gasteiger partial charge in [-0.2, -0.15) is 0 Å². The number of nitrogens with zero attached hydrogens (tertiary/aromatic N) is 2. The van der Waals surface area contributed by atoms with Crippen molar-refractivity contribution < 1.29 is 13.2 Å². The summed E-state index contributed by atoms with van der Waals surface area (Å²) in [7, 11) is -2.25. The number of amides is 1. The van der Waals surface area contributed by atoms with Gasteiger partial charge in [-0.05, 0) is 60.2 Å². The van der Waals surface area contributed by atoms with Crippen molar-refractivity contribution in [2.45, 2.75) is 4.90 Å². The van der Waals surface area contributed by atoms with E-state index in [9.17, 15) is 13.2 Å². The highest BCUT2D eigenvalue weighted by Crippen LogP contribution is 2.28. The summed E-state index contributed by atoms with van der Waals surface area (Å²) in [5.41, 5.74) is 4.27. The van der Waals surface area contributed by atoms with Gasteiger partial charge in [0.05, 0.1) is 27.3 Å². The monoisotopic (exact) mass is 508 g/mol. The molecule has 7 nitrogen and oxygen atoms in total. The Morgan fingerprint density at radius 2 is 1.62 bits per heavy atom. The number of hydrogen-bond acceptors (Lipinski definition) is 4. The Balaban J connectivity index is 1.34. The van der Waals surface area contributed by atoms with Crippen molar-refractivity contribution in [1.29, 1.82) is 0 Å². The molecule has 5 aromatic rings. The van der Waals surface area contributed by atoms with E-state index in [0.29, 0.717) is 22.8 Å². The van der Waals surface area contributed by atoms with Crippen LogP contribution in [0.25, 0.3) is 28.5 Å². The van der Waals surface area contributed by atoms with Gasteiger partial charge in [-0.15, -0.1) is 0 Å². The van der Waals surface area contributed by atoms with Gasteiger partial charge in [-0.3, -0.25) is 9.10 Å². The molecule has 4 aromatic carbocycles. The Labute approximate surface area is 215 Å². The molecule has 0 saturated heterocycles. The Kier molecular flexibility index (Phi) is 6.57. The lowest BCUT2D eigenvalue weighted by molar-refractivity contribution is -0.111. The van der Waals surface area contributed by atoms with E-state index in [4.69, 9.17) is 0 Å². The van der Waals surface area contributed by atoms with Crippen LogP contribution in [0.1, 0.15) is 5.56 Å². The van der Waals surface area contributed by atoms with E-state index in [1.807, 2.05) is 48.5 Å². The van der Waals surface area contributed by atoms with Gasteiger partial charge in [-0.1, -0.05) is 54.6 Å². The van der Waals surface area contributed by atoms with Crippen molar-refractivity contribution in [2.24, 2.45) is 0 Å². The van der Waals surface area contributed by atoms with Crippen LogP contribution in [0.2, 0.25) is 0 Å². The van der Waals surface area contributed by atoms with E-state index in [1.54, 1.807) is 54.6 Å². The maximum absolute atomic E-state index is 13.1. The molecule has 2 N–H and O–H groups in total. The molecule has 0 saturated carbocycles. The Hall–Kier alpha value is -4.69. The summed E-state index contributed by atoms with van der Waals surface area (Å²) in [4.78, 5) is 20.8. The third-order valence-electron chi connectivity index (χ3n) is 5.89. The lowest BCUT2D eigenvalue weighted by Gasteiger charge is -2.19. The first-order valence-corrected chi connectivity index (χ1v) is 13.0. The van der Waals surface area contributed by atoms with Crippen LogP contribution in [0.4, 0.5) is 11.4 Å². The second-order valence-electron chi connectivity index (χ2n) is 8.35. The summed E-state index contributed by atoms with van der Waals surface area (Å²) < 4.78 is 27.5. The van der Waals surface area contributed by atoms with Crippen molar-refractivity contribution in [3.63, 3.8) is 0 Å². The number of para-hydroxylation sites is 4. The van der Waals surface area contributed by atoms with Crippen molar-refractivity contribution in [3.05, 3.63) is 115 Å². The largest absolute Gasteiger partial charge is 0.338 e. The van der Waals surface area contributed by atoms with Crippen molar-refractivity contribution in [2.75, 3.05) is 16.7 Å². The van der Waals surface area contributed by atoms with Crippen molar-refractivity contribution in [3.8, 4) is 11.4 Å². The zero-order chi connectivity index (χ0) is 25.8. The fraction of sp³-hybridized carbons (Fsp3) is 0.0345. The predicted molar refractivity (Wildman–Crippen MR) is 148 cm³/mol. The molecule has 0 aliphatic rings. The van der Waals surface area contributed by atoms with Crippen LogP contribution in [0, 0.1) is 0 Å². The van der Waals surface area contributed by atoms with E-state index in [1.165, 1.54) is 23.5 Å². The number of sulfonamides is 1. The molecule has 37 heavy (non-hydrogen) atoms. The normalized spacial score (nSPS) is 11.6. The summed E-state index contributed by atoms with van der Waals surface area (Å²) in [6, 6.07) is 30.5. The minimum atomic E-state index is -3.76. The first-order valence-electron chi connectivity index (χ1n) is 11.6. The van der Waals surface area contributed by atoms with Crippen LogP contribution in [0.3, 0.4) is 0 Å². The number of benzene rings is 4. The molecule has 0 bridgehead atoms. The van der Waals surface area contributed by atoms with Gasteiger partial charge in [0.15, 0.2) is 0 Å². The van der Waals surface area contributed by atoms with Gasteiger partial charge in [0.25, 0.3) is 10.0 Å². The maximum Gasteiger partial charge on any atom is 0.264 e. The number of aromatic amines is 1. The zero-order valence-electron chi connectivity index (χ0n) is 20.0. The Bertz CT molecular complexity index is 1680. The van der Waals surface area contributed by atoms with Crippen molar-refractivity contribution in [1.82, 2.24) is 9.97 Å². The first kappa shape index (κ1) is 24.0. The third kappa shape index (κ3) is 5.14. The van der Waals surface area contributed by atoms with Gasteiger partial charge >= 0.3 is 0 Å². The summed E-state index contributed by atoms with van der Waals surface area (Å²) in [6.45, 7) is 0. The number of hydrogen-bond donors (Lipinski definition) is 2. The number of H-pyrrole nitrogens is 1. The maximum atomic E-state index is 13.1. The molecular formula is C29H24N4O3S. The van der Waals surface area contributed by atoms with Gasteiger partial charge < -0.3 is 10.3 Å². The van der Waals surface area contributed by atoms with Crippen LogP contribution >= 0.6 is 0 Å². The fourth-order valence-corrected chi connectivity index (χ4v) is 5.19. The molecule has 0 fully saturated rings. The zero-order valence-corrected chi connectivity index (χ0v) is 20.8. The number of imidazole rings is 1. The smallest absolute Gasteiger partial charge is 0.264 e. The average molecular weight is 509 g/mol. The first-order chi connectivity index (χ1) is 17.9. The fourth-order valence-electron chi connectivity index (χ4n) is 3.94. The topological polar surface area (TPSA) is 95.2 Å². The van der Waals surface area contributed by atoms with E-state index >= 15 is 0 Å². The van der Waals surface area contributed by atoms with Gasteiger partial charge in [0.1, 0.15) is 5.82 Å². The molecule has 1 aromatic heterocycles. The summed E-state index contributed by atoms with van der Waals surface area (Å²) >= 11 is 0. The second-order valence-corrected chi connectivity index (χ2v) is 10.3. The number of carbonyl (C=O) groups is 1. The SMILES string of the molecule is CN(c1ccccc1)S(=O)(=O)c1cccc(/C=C/C(=O)Nc2ccccc2-c2nc3ccccc3[nH]2)c1. The van der Waals surface area contributed by atoms with Crippen LogP contribution < -0.4 is 9.62 Å². The standard InChI is InChI=1S/C29H24N4O3S/c1-33(22-11-3-2-4-12-22)37(35,36)23-13-9-10-21(20-23)18-19-28(34)30-25-15-6-5-14-24(25)29-31-26-16-7-8-17-27(26)32-29/h2-20H,1H3,(H,30,34)(H,31,32)/b19-18+. The van der Waals surface area contributed by atoms with Crippen LogP contribution in [-0.2, 0) is 14.8 Å². The number of carbonyl (C=O) groups excluding carboxylic acids is 1. The summed E-state index contributed by atoms with van der Waals surface area (Å²) in [5, 5.41) is 2.90. The molecule has 184 valence electrons. The van der Waals surface area contributed by atoms with Crippen molar-refractivity contribution >= 4 is 44.4 Å². The summed E-state index contributed by atoms with van der Waals surface area (Å²) in [6.07, 6.45) is 2.96. The lowest BCUT2D eigenvalue weighted by atomic mass is 10.1. The Morgan fingerprint density at radius 3 is 2.43 bits per heavy atom. The van der Waals surface area contributed by atoms with Crippen LogP contribution in [-0.4, -0.2) is 31.3 Å². The quantitative estimate of drug-likeness (QED) is 0.276.